The highest BCUT2D eigenvalue weighted by Crippen LogP contribution is 2.32. The normalized spacial score (nSPS) is 11.3. The number of rotatable bonds is 6. The lowest BCUT2D eigenvalue weighted by atomic mass is 10.3. The van der Waals surface area contributed by atoms with Gasteiger partial charge in [-0.2, -0.15) is 16.8 Å². The van der Waals surface area contributed by atoms with Crippen LogP contribution in [0.25, 0.3) is 0 Å². The van der Waals surface area contributed by atoms with Gasteiger partial charge in [0.05, 0.1) is 9.79 Å². The first-order valence-electron chi connectivity index (χ1n) is 6.04. The summed E-state index contributed by atoms with van der Waals surface area (Å²) in [5.41, 5.74) is 0. The first kappa shape index (κ1) is 21.0. The Bertz CT molecular complexity index is 905. The minimum Gasteiger partial charge on any atom is -0.412 e. The molecule has 0 unspecified atom stereocenters. The summed E-state index contributed by atoms with van der Waals surface area (Å²) in [7, 11) is -11.7. The third kappa shape index (κ3) is 6.05. The van der Waals surface area contributed by atoms with E-state index < -0.39 is 38.3 Å². The van der Waals surface area contributed by atoms with E-state index in [2.05, 4.69) is 0 Å². The molecule has 0 atom stereocenters. The molecule has 0 fully saturated rings. The van der Waals surface area contributed by atoms with Crippen molar-refractivity contribution < 1.29 is 45.0 Å². The fourth-order valence-corrected chi connectivity index (χ4v) is 3.21. The van der Waals surface area contributed by atoms with E-state index in [9.17, 15) is 21.4 Å². The Labute approximate surface area is 143 Å². The van der Waals surface area contributed by atoms with Gasteiger partial charge in [0.25, 0.3) is 20.2 Å². The molecular formula is C12H12O10PS2+. The van der Waals surface area contributed by atoms with Gasteiger partial charge in [0.2, 0.25) is 0 Å². The molecule has 25 heavy (non-hydrogen) atoms. The van der Waals surface area contributed by atoms with Gasteiger partial charge in [-0.3, -0.25) is 9.11 Å². The highest BCUT2D eigenvalue weighted by molar-refractivity contribution is 7.86. The van der Waals surface area contributed by atoms with Crippen LogP contribution in [0, 0.1) is 0 Å². The van der Waals surface area contributed by atoms with Gasteiger partial charge in [-0.1, -0.05) is 12.1 Å². The SMILES string of the molecule is O.O=[P+](Oc1cccc(S(=O)(=O)O)c1)Oc1cccc(S(=O)(=O)O)c1. The van der Waals surface area contributed by atoms with Crippen molar-refractivity contribution in [2.24, 2.45) is 0 Å². The van der Waals surface area contributed by atoms with Gasteiger partial charge < -0.3 is 5.48 Å². The van der Waals surface area contributed by atoms with Crippen LogP contribution >= 0.6 is 8.25 Å². The molecule has 136 valence electrons. The van der Waals surface area contributed by atoms with E-state index in [1.54, 1.807) is 0 Å². The molecule has 0 heterocycles. The second-order valence-electron chi connectivity index (χ2n) is 4.31. The van der Waals surface area contributed by atoms with E-state index in [0.29, 0.717) is 0 Å². The molecule has 0 aliphatic carbocycles. The van der Waals surface area contributed by atoms with Crippen molar-refractivity contribution in [1.29, 1.82) is 0 Å². The van der Waals surface area contributed by atoms with Crippen LogP contribution in [-0.2, 0) is 24.8 Å². The maximum absolute atomic E-state index is 11.8. The Morgan fingerprint density at radius 3 is 1.44 bits per heavy atom. The zero-order valence-corrected chi connectivity index (χ0v) is 14.7. The van der Waals surface area contributed by atoms with Gasteiger partial charge in [0.15, 0.2) is 11.5 Å². The van der Waals surface area contributed by atoms with E-state index in [0.717, 1.165) is 24.3 Å². The molecule has 0 bridgehead atoms. The second kappa shape index (κ2) is 7.87. The second-order valence-corrected chi connectivity index (χ2v) is 7.96. The summed E-state index contributed by atoms with van der Waals surface area (Å²) in [6.45, 7) is 0. The monoisotopic (exact) mass is 411 g/mol. The van der Waals surface area contributed by atoms with Crippen LogP contribution < -0.4 is 9.05 Å². The maximum Gasteiger partial charge on any atom is 0.805 e. The fourth-order valence-electron chi connectivity index (χ4n) is 1.57. The smallest absolute Gasteiger partial charge is 0.412 e. The van der Waals surface area contributed by atoms with Crippen LogP contribution in [0.15, 0.2) is 58.3 Å². The summed E-state index contributed by atoms with van der Waals surface area (Å²) in [5, 5.41) is 0. The Balaban J connectivity index is 0.00000312. The molecule has 0 aliphatic heterocycles. The van der Waals surface area contributed by atoms with Crippen LogP contribution in [0.2, 0.25) is 0 Å². The van der Waals surface area contributed by atoms with Gasteiger partial charge in [0.1, 0.15) is 0 Å². The Hall–Kier alpha value is -2.08. The summed E-state index contributed by atoms with van der Waals surface area (Å²) >= 11 is 0. The standard InChI is InChI=1S/C12H9O9PS2.H2O/c13-22(20-9-3-1-5-11(7-9)23(14,15)16)21-10-4-2-6-12(8-10)24(17,18)19;/h1-8H,(H-,14,15,16,17,18,19);1H2/p+1. The summed E-state index contributed by atoms with van der Waals surface area (Å²) in [6, 6.07) is 9.12. The van der Waals surface area contributed by atoms with Crippen LogP contribution in [0.1, 0.15) is 0 Å². The van der Waals surface area contributed by atoms with E-state index in [1.807, 2.05) is 0 Å². The van der Waals surface area contributed by atoms with Gasteiger partial charge in [-0.25, -0.2) is 9.05 Å². The van der Waals surface area contributed by atoms with Crippen molar-refractivity contribution in [2.75, 3.05) is 0 Å². The molecule has 0 spiro atoms. The summed E-state index contributed by atoms with van der Waals surface area (Å²) in [5.74, 6) is -0.311. The van der Waals surface area contributed by atoms with Crippen LogP contribution in [0.4, 0.5) is 0 Å². The molecule has 2 aromatic carbocycles. The molecule has 0 saturated carbocycles. The van der Waals surface area contributed by atoms with Gasteiger partial charge in [-0.15, -0.1) is 0 Å². The molecule has 0 aromatic heterocycles. The lowest BCUT2D eigenvalue weighted by molar-refractivity contribution is 0.413. The van der Waals surface area contributed by atoms with Crippen molar-refractivity contribution in [3.63, 3.8) is 0 Å². The molecular weight excluding hydrogens is 399 g/mol. The van der Waals surface area contributed by atoms with Crippen LogP contribution in [-0.4, -0.2) is 31.4 Å². The molecule has 4 N–H and O–H groups in total. The maximum atomic E-state index is 11.8. The lowest BCUT2D eigenvalue weighted by Gasteiger charge is -1.99. The first-order chi connectivity index (χ1) is 11.1. The Morgan fingerprint density at radius 2 is 1.12 bits per heavy atom. The Morgan fingerprint density at radius 1 is 0.760 bits per heavy atom. The minimum atomic E-state index is -4.45. The van der Waals surface area contributed by atoms with E-state index in [-0.39, 0.29) is 17.0 Å². The average molecular weight is 411 g/mol. The van der Waals surface area contributed by atoms with E-state index >= 15 is 0 Å². The van der Waals surface area contributed by atoms with Crippen molar-refractivity contribution >= 4 is 28.5 Å². The van der Waals surface area contributed by atoms with Gasteiger partial charge >= 0.3 is 8.25 Å². The minimum absolute atomic E-state index is 0. The summed E-state index contributed by atoms with van der Waals surface area (Å²) in [4.78, 5) is -0.923. The highest BCUT2D eigenvalue weighted by Gasteiger charge is 2.26. The first-order valence-corrected chi connectivity index (χ1v) is 10.0. The lowest BCUT2D eigenvalue weighted by Crippen LogP contribution is -1.99. The molecule has 2 aromatic rings. The topological polar surface area (TPSA) is 176 Å². The molecule has 0 saturated heterocycles. The zero-order chi connectivity index (χ0) is 18.0. The van der Waals surface area contributed by atoms with Crippen molar-refractivity contribution in [1.82, 2.24) is 0 Å². The molecule has 0 radical (unpaired) electrons. The zero-order valence-electron chi connectivity index (χ0n) is 12.1. The highest BCUT2D eigenvalue weighted by atomic mass is 32.2. The predicted molar refractivity (Wildman–Crippen MR) is 85.0 cm³/mol. The number of hydrogen-bond donors (Lipinski definition) is 2. The van der Waals surface area contributed by atoms with Crippen molar-refractivity contribution in [3.05, 3.63) is 48.5 Å². The summed E-state index contributed by atoms with van der Waals surface area (Å²) in [6.07, 6.45) is 0. The van der Waals surface area contributed by atoms with Crippen molar-refractivity contribution in [3.8, 4) is 11.5 Å². The molecule has 13 heteroatoms. The fraction of sp³-hybridized carbons (Fsp3) is 0. The predicted octanol–water partition coefficient (Wildman–Crippen LogP) is 1.47. The third-order valence-corrected chi connectivity index (χ3v) is 4.99. The van der Waals surface area contributed by atoms with Gasteiger partial charge in [0, 0.05) is 16.7 Å². The summed E-state index contributed by atoms with van der Waals surface area (Å²) < 4.78 is 83.4. The molecule has 10 nitrogen and oxygen atoms in total. The molecule has 2 rings (SSSR count). The Kier molecular flexibility index (Phi) is 6.60. The largest absolute Gasteiger partial charge is 0.805 e. The van der Waals surface area contributed by atoms with E-state index in [4.69, 9.17) is 18.2 Å². The number of hydrogen-bond acceptors (Lipinski definition) is 7. The van der Waals surface area contributed by atoms with Crippen LogP contribution in [0.5, 0.6) is 11.5 Å². The van der Waals surface area contributed by atoms with E-state index in [1.165, 1.54) is 24.3 Å². The van der Waals surface area contributed by atoms with Crippen LogP contribution in [0.3, 0.4) is 0 Å². The van der Waals surface area contributed by atoms with Gasteiger partial charge in [-0.05, 0) is 24.3 Å². The molecule has 0 amide bonds. The number of benzene rings is 2. The van der Waals surface area contributed by atoms with Crippen molar-refractivity contribution in [2.45, 2.75) is 9.79 Å². The third-order valence-electron chi connectivity index (χ3n) is 2.57. The molecule has 0 aliphatic rings. The average Bonchev–Trinajstić information content (AvgIpc) is 2.46. The quantitative estimate of drug-likeness (QED) is 0.526.